The van der Waals surface area contributed by atoms with Gasteiger partial charge in [-0.05, 0) is 48.9 Å². The molecule has 0 aliphatic heterocycles. The van der Waals surface area contributed by atoms with Gasteiger partial charge in [0, 0.05) is 29.3 Å². The molecule has 0 saturated heterocycles. The first-order chi connectivity index (χ1) is 17.5. The van der Waals surface area contributed by atoms with Crippen molar-refractivity contribution >= 4 is 17.7 Å². The fraction of sp³-hybridized carbons (Fsp3) is 0.179. The van der Waals surface area contributed by atoms with E-state index in [4.69, 9.17) is 5.21 Å². The maximum absolute atomic E-state index is 12.6. The number of hydroxylamine groups is 1. The summed E-state index contributed by atoms with van der Waals surface area (Å²) in [6, 6.07) is 24.5. The molecule has 2 atom stereocenters. The zero-order valence-corrected chi connectivity index (χ0v) is 19.8. The second kappa shape index (κ2) is 13.4. The highest BCUT2D eigenvalue weighted by Crippen LogP contribution is 2.10. The Morgan fingerprint density at radius 2 is 1.42 bits per heavy atom. The smallest absolute Gasteiger partial charge is 0.267 e. The highest BCUT2D eigenvalue weighted by Gasteiger charge is 2.22. The normalized spacial score (nSPS) is 11.8. The predicted octanol–water partition coefficient (Wildman–Crippen LogP) is 2.16. The molecular weight excluding hydrogens is 456 g/mol. The lowest BCUT2D eigenvalue weighted by atomic mass is 10.1. The van der Waals surface area contributed by atoms with Crippen molar-refractivity contribution in [2.75, 3.05) is 13.1 Å². The molecule has 0 saturated carbocycles. The molecule has 0 aliphatic carbocycles. The van der Waals surface area contributed by atoms with Crippen LogP contribution >= 0.6 is 0 Å². The van der Waals surface area contributed by atoms with E-state index in [-0.39, 0.29) is 25.0 Å². The lowest BCUT2D eigenvalue weighted by molar-refractivity contribution is -0.131. The van der Waals surface area contributed by atoms with Crippen molar-refractivity contribution in [3.8, 4) is 11.8 Å². The van der Waals surface area contributed by atoms with Gasteiger partial charge in [0.05, 0.1) is 6.54 Å². The largest absolute Gasteiger partial charge is 0.352 e. The molecule has 184 valence electrons. The zero-order chi connectivity index (χ0) is 25.8. The third kappa shape index (κ3) is 8.09. The number of amides is 3. The minimum atomic E-state index is -1.17. The van der Waals surface area contributed by atoms with E-state index in [2.05, 4.69) is 27.8 Å². The van der Waals surface area contributed by atoms with Gasteiger partial charge < -0.3 is 16.0 Å². The number of hydrogen-bond acceptors (Lipinski definition) is 5. The fourth-order valence-electron chi connectivity index (χ4n) is 3.28. The van der Waals surface area contributed by atoms with E-state index in [1.54, 1.807) is 24.3 Å². The van der Waals surface area contributed by atoms with Gasteiger partial charge in [-0.1, -0.05) is 60.4 Å². The van der Waals surface area contributed by atoms with Crippen LogP contribution in [-0.2, 0) is 9.59 Å². The van der Waals surface area contributed by atoms with Crippen molar-refractivity contribution in [3.63, 3.8) is 0 Å². The van der Waals surface area contributed by atoms with E-state index in [1.807, 2.05) is 67.6 Å². The summed E-state index contributed by atoms with van der Waals surface area (Å²) < 4.78 is 0. The number of hydrogen-bond donors (Lipinski definition) is 5. The minimum Gasteiger partial charge on any atom is -0.352 e. The summed E-state index contributed by atoms with van der Waals surface area (Å²) >= 11 is 0. The van der Waals surface area contributed by atoms with Gasteiger partial charge in [-0.15, -0.1) is 0 Å². The number of nitrogens with one attached hydrogen (secondary N) is 4. The van der Waals surface area contributed by atoms with Gasteiger partial charge in [-0.25, -0.2) is 5.48 Å². The predicted molar refractivity (Wildman–Crippen MR) is 136 cm³/mol. The van der Waals surface area contributed by atoms with Crippen LogP contribution in [0.25, 0.3) is 0 Å². The van der Waals surface area contributed by atoms with Crippen molar-refractivity contribution < 1.29 is 19.6 Å². The Morgan fingerprint density at radius 1 is 0.833 bits per heavy atom. The van der Waals surface area contributed by atoms with Crippen molar-refractivity contribution in [2.45, 2.75) is 19.0 Å². The second-order valence-electron chi connectivity index (χ2n) is 8.01. The molecule has 8 nitrogen and oxygen atoms in total. The average molecular weight is 485 g/mol. The molecule has 0 fully saturated rings. The molecule has 0 aliphatic rings. The first-order valence-corrected chi connectivity index (χ1v) is 11.4. The maximum atomic E-state index is 12.6. The molecule has 0 aromatic heterocycles. The third-order valence-electron chi connectivity index (χ3n) is 5.38. The van der Waals surface area contributed by atoms with Gasteiger partial charge in [0.25, 0.3) is 11.8 Å². The summed E-state index contributed by atoms with van der Waals surface area (Å²) in [5.41, 5.74) is 4.47. The molecule has 0 unspecified atom stereocenters. The molecule has 3 amide bonds. The third-order valence-corrected chi connectivity index (χ3v) is 5.38. The molecule has 8 heteroatoms. The Kier molecular flexibility index (Phi) is 9.77. The van der Waals surface area contributed by atoms with Crippen molar-refractivity contribution in [1.29, 1.82) is 0 Å². The molecular formula is C28H28N4O4. The van der Waals surface area contributed by atoms with Gasteiger partial charge >= 0.3 is 0 Å². The highest BCUT2D eigenvalue weighted by molar-refractivity contribution is 5.97. The average Bonchev–Trinajstić information content (AvgIpc) is 2.93. The van der Waals surface area contributed by atoms with Crippen LogP contribution in [0.5, 0.6) is 0 Å². The van der Waals surface area contributed by atoms with Gasteiger partial charge in [0.2, 0.25) is 5.91 Å². The van der Waals surface area contributed by atoms with Crippen LogP contribution in [-0.4, -0.2) is 42.1 Å². The van der Waals surface area contributed by atoms with Crippen molar-refractivity contribution in [3.05, 3.63) is 107 Å². The summed E-state index contributed by atoms with van der Waals surface area (Å²) in [5.74, 6) is 4.33. The minimum absolute atomic E-state index is 0.0168. The van der Waals surface area contributed by atoms with Gasteiger partial charge in [0.15, 0.2) is 0 Å². The van der Waals surface area contributed by atoms with Crippen LogP contribution in [0.4, 0.5) is 0 Å². The number of carbonyl (C=O) groups is 3. The Labute approximate surface area is 210 Å². The quantitative estimate of drug-likeness (QED) is 0.181. The van der Waals surface area contributed by atoms with E-state index >= 15 is 0 Å². The maximum Gasteiger partial charge on any atom is 0.267 e. The molecule has 3 rings (SSSR count). The van der Waals surface area contributed by atoms with Gasteiger partial charge in [-0.2, -0.15) is 0 Å². The lowest BCUT2D eigenvalue weighted by Gasteiger charge is -2.18. The van der Waals surface area contributed by atoms with Crippen LogP contribution < -0.4 is 21.4 Å². The van der Waals surface area contributed by atoms with Gasteiger partial charge in [-0.3, -0.25) is 19.6 Å². The molecule has 0 spiro atoms. The Hall–Kier alpha value is -4.45. The second-order valence-corrected chi connectivity index (χ2v) is 8.01. The van der Waals surface area contributed by atoms with Crippen LogP contribution in [0.1, 0.15) is 40.0 Å². The molecule has 3 aromatic carbocycles. The van der Waals surface area contributed by atoms with E-state index in [1.165, 1.54) is 5.48 Å². The molecule has 0 heterocycles. The Morgan fingerprint density at radius 3 is 2.03 bits per heavy atom. The van der Waals surface area contributed by atoms with Crippen LogP contribution in [0.2, 0.25) is 0 Å². The molecule has 0 bridgehead atoms. The Bertz CT molecular complexity index is 1220. The standard InChI is InChI=1S/C28H28N4O4/c1-20(23-10-6-3-7-11-23)29-19-26(33)30-18-25(28(35)32-36)31-27(34)24-16-14-22(15-17-24)13-12-21-8-4-2-5-9-21/h2-11,14-17,20,25,29,36H,18-19H2,1H3,(H,30,33)(H,31,34)(H,32,35)/t20-,25-/m0/s1. The molecule has 0 radical (unpaired) electrons. The summed E-state index contributed by atoms with van der Waals surface area (Å²) in [7, 11) is 0. The summed E-state index contributed by atoms with van der Waals surface area (Å²) in [6.07, 6.45) is 0. The molecule has 5 N–H and O–H groups in total. The first-order valence-electron chi connectivity index (χ1n) is 11.4. The van der Waals surface area contributed by atoms with E-state index < -0.39 is 17.9 Å². The summed E-state index contributed by atoms with van der Waals surface area (Å²) in [4.78, 5) is 37.0. The zero-order valence-electron chi connectivity index (χ0n) is 19.8. The van der Waals surface area contributed by atoms with Gasteiger partial charge in [0.1, 0.15) is 6.04 Å². The summed E-state index contributed by atoms with van der Waals surface area (Å²) in [6.45, 7) is 1.76. The lowest BCUT2D eigenvalue weighted by Crippen LogP contribution is -2.52. The number of carbonyl (C=O) groups excluding carboxylic acids is 3. The monoisotopic (exact) mass is 484 g/mol. The van der Waals surface area contributed by atoms with E-state index in [0.29, 0.717) is 5.56 Å². The van der Waals surface area contributed by atoms with E-state index in [9.17, 15) is 14.4 Å². The summed E-state index contributed by atoms with van der Waals surface area (Å²) in [5, 5.41) is 17.3. The van der Waals surface area contributed by atoms with Crippen LogP contribution in [0, 0.1) is 11.8 Å². The molecule has 36 heavy (non-hydrogen) atoms. The fourth-order valence-corrected chi connectivity index (χ4v) is 3.28. The highest BCUT2D eigenvalue weighted by atomic mass is 16.5. The van der Waals surface area contributed by atoms with Crippen molar-refractivity contribution in [2.24, 2.45) is 0 Å². The Balaban J connectivity index is 1.52. The van der Waals surface area contributed by atoms with Crippen molar-refractivity contribution in [1.82, 2.24) is 21.4 Å². The molecule has 3 aromatic rings. The van der Waals surface area contributed by atoms with Crippen LogP contribution in [0.3, 0.4) is 0 Å². The van der Waals surface area contributed by atoms with E-state index in [0.717, 1.165) is 16.7 Å². The van der Waals surface area contributed by atoms with Crippen LogP contribution in [0.15, 0.2) is 84.9 Å². The number of rotatable bonds is 9. The topological polar surface area (TPSA) is 120 Å². The SMILES string of the molecule is C[C@H](NCC(=O)NC[C@H](NC(=O)c1ccc(C#Cc2ccccc2)cc1)C(=O)NO)c1ccccc1. The number of benzene rings is 3. The first kappa shape index (κ1) is 26.2.